The largest absolute Gasteiger partial charge is 0.478 e. The third-order valence-corrected chi connectivity index (χ3v) is 2.88. The predicted molar refractivity (Wildman–Crippen MR) is 69.0 cm³/mol. The molecule has 0 aliphatic heterocycles. The van der Waals surface area contributed by atoms with Gasteiger partial charge in [-0.2, -0.15) is 0 Å². The van der Waals surface area contributed by atoms with Crippen LogP contribution in [0.25, 0.3) is 0 Å². The summed E-state index contributed by atoms with van der Waals surface area (Å²) in [4.78, 5) is 13.0. The monoisotopic (exact) mass is 245 g/mol. The number of carboxylic acid groups (broad SMARTS) is 1. The highest BCUT2D eigenvalue weighted by Gasteiger charge is 2.09. The van der Waals surface area contributed by atoms with Crippen LogP contribution in [0.1, 0.15) is 21.5 Å². The summed E-state index contributed by atoms with van der Waals surface area (Å²) in [5.74, 6) is -0.892. The van der Waals surface area contributed by atoms with Gasteiger partial charge in [-0.1, -0.05) is 0 Å². The van der Waals surface area contributed by atoms with Crippen molar-refractivity contribution in [1.82, 2.24) is 0 Å². The van der Waals surface area contributed by atoms with Crippen LogP contribution in [0.3, 0.4) is 0 Å². The molecule has 0 spiro atoms. The van der Waals surface area contributed by atoms with Crippen LogP contribution in [0, 0.1) is 6.92 Å². The molecule has 4 nitrogen and oxygen atoms in total. The minimum atomic E-state index is -0.892. The van der Waals surface area contributed by atoms with Gasteiger partial charge in [0.15, 0.2) is 0 Å². The normalized spacial score (nSPS) is 10.3. The van der Waals surface area contributed by atoms with Crippen LogP contribution in [0.5, 0.6) is 0 Å². The van der Waals surface area contributed by atoms with Crippen molar-refractivity contribution in [1.29, 1.82) is 0 Å². The Morgan fingerprint density at radius 2 is 2.17 bits per heavy atom. The standard InChI is InChI=1S/C14H15NO3/c1-10-7-12(3-4-13(10)14(16)17)15(2)8-11-5-6-18-9-11/h3-7,9H,8H2,1-2H3,(H,16,17). The first-order valence-corrected chi connectivity index (χ1v) is 5.64. The number of hydrogen-bond donors (Lipinski definition) is 1. The molecule has 0 fully saturated rings. The molecule has 0 atom stereocenters. The molecule has 0 radical (unpaired) electrons. The summed E-state index contributed by atoms with van der Waals surface area (Å²) in [6.45, 7) is 2.53. The van der Waals surface area contributed by atoms with E-state index in [1.54, 1.807) is 25.5 Å². The minimum Gasteiger partial charge on any atom is -0.478 e. The van der Waals surface area contributed by atoms with Gasteiger partial charge in [-0.3, -0.25) is 0 Å². The van der Waals surface area contributed by atoms with Crippen molar-refractivity contribution in [2.75, 3.05) is 11.9 Å². The van der Waals surface area contributed by atoms with Crippen LogP contribution in [0.4, 0.5) is 5.69 Å². The average molecular weight is 245 g/mol. The summed E-state index contributed by atoms with van der Waals surface area (Å²) >= 11 is 0. The fraction of sp³-hybridized carbons (Fsp3) is 0.214. The molecular formula is C14H15NO3. The Bertz CT molecular complexity index is 546. The summed E-state index contributed by atoms with van der Waals surface area (Å²) in [6, 6.07) is 7.24. The maximum Gasteiger partial charge on any atom is 0.335 e. The van der Waals surface area contributed by atoms with Crippen molar-refractivity contribution < 1.29 is 14.3 Å². The van der Waals surface area contributed by atoms with Crippen molar-refractivity contribution in [2.45, 2.75) is 13.5 Å². The summed E-state index contributed by atoms with van der Waals surface area (Å²) in [6.07, 6.45) is 3.34. The second-order valence-electron chi connectivity index (χ2n) is 4.29. The first kappa shape index (κ1) is 12.2. The van der Waals surface area contributed by atoms with Crippen molar-refractivity contribution in [3.63, 3.8) is 0 Å². The smallest absolute Gasteiger partial charge is 0.335 e. The molecule has 1 aromatic carbocycles. The Balaban J connectivity index is 2.18. The zero-order valence-electron chi connectivity index (χ0n) is 10.4. The van der Waals surface area contributed by atoms with Crippen LogP contribution in [0.2, 0.25) is 0 Å². The van der Waals surface area contributed by atoms with Gasteiger partial charge in [-0.25, -0.2) is 4.79 Å². The highest BCUT2D eigenvalue weighted by molar-refractivity contribution is 5.89. The van der Waals surface area contributed by atoms with Gasteiger partial charge in [-0.15, -0.1) is 0 Å². The average Bonchev–Trinajstić information content (AvgIpc) is 2.81. The zero-order valence-corrected chi connectivity index (χ0v) is 10.4. The van der Waals surface area contributed by atoms with E-state index < -0.39 is 5.97 Å². The lowest BCUT2D eigenvalue weighted by atomic mass is 10.1. The van der Waals surface area contributed by atoms with E-state index in [1.165, 1.54) is 0 Å². The van der Waals surface area contributed by atoms with E-state index in [9.17, 15) is 4.79 Å². The maximum absolute atomic E-state index is 10.9. The molecule has 2 aromatic rings. The van der Waals surface area contributed by atoms with Gasteiger partial charge in [0.25, 0.3) is 0 Å². The fourth-order valence-electron chi connectivity index (χ4n) is 1.87. The first-order chi connectivity index (χ1) is 8.58. The predicted octanol–water partition coefficient (Wildman–Crippen LogP) is 2.92. The fourth-order valence-corrected chi connectivity index (χ4v) is 1.87. The molecule has 1 N–H and O–H groups in total. The zero-order chi connectivity index (χ0) is 13.1. The van der Waals surface area contributed by atoms with Crippen LogP contribution < -0.4 is 4.90 Å². The number of hydrogen-bond acceptors (Lipinski definition) is 3. The van der Waals surface area contributed by atoms with Gasteiger partial charge in [0, 0.05) is 24.8 Å². The van der Waals surface area contributed by atoms with Gasteiger partial charge >= 0.3 is 5.97 Å². The van der Waals surface area contributed by atoms with Gasteiger partial charge in [0.2, 0.25) is 0 Å². The van der Waals surface area contributed by atoms with Gasteiger partial charge in [0.1, 0.15) is 0 Å². The Hall–Kier alpha value is -2.23. The number of nitrogens with zero attached hydrogens (tertiary/aromatic N) is 1. The lowest BCUT2D eigenvalue weighted by molar-refractivity contribution is 0.0696. The molecule has 0 aliphatic carbocycles. The molecule has 0 unspecified atom stereocenters. The first-order valence-electron chi connectivity index (χ1n) is 5.64. The molecule has 0 saturated heterocycles. The van der Waals surface area contributed by atoms with E-state index in [-0.39, 0.29) is 0 Å². The Labute approximate surface area is 105 Å². The number of carboxylic acids is 1. The highest BCUT2D eigenvalue weighted by Crippen LogP contribution is 2.20. The molecule has 0 bridgehead atoms. The second-order valence-corrected chi connectivity index (χ2v) is 4.29. The second kappa shape index (κ2) is 4.96. The molecule has 1 heterocycles. The quantitative estimate of drug-likeness (QED) is 0.899. The lowest BCUT2D eigenvalue weighted by Crippen LogP contribution is -2.16. The van der Waals surface area contributed by atoms with Gasteiger partial charge in [-0.05, 0) is 36.8 Å². The lowest BCUT2D eigenvalue weighted by Gasteiger charge is -2.19. The molecular weight excluding hydrogens is 230 g/mol. The number of rotatable bonds is 4. The number of anilines is 1. The molecule has 0 saturated carbocycles. The van der Waals surface area contributed by atoms with Crippen LogP contribution in [0.15, 0.2) is 41.2 Å². The Morgan fingerprint density at radius 3 is 2.72 bits per heavy atom. The Kier molecular flexibility index (Phi) is 3.37. The third kappa shape index (κ3) is 2.53. The van der Waals surface area contributed by atoms with Gasteiger partial charge in [0.05, 0.1) is 18.1 Å². The van der Waals surface area contributed by atoms with Crippen molar-refractivity contribution >= 4 is 11.7 Å². The number of aromatic carboxylic acids is 1. The molecule has 18 heavy (non-hydrogen) atoms. The van der Waals surface area contributed by atoms with Crippen molar-refractivity contribution in [3.8, 4) is 0 Å². The van der Waals surface area contributed by atoms with Crippen molar-refractivity contribution in [2.24, 2.45) is 0 Å². The Morgan fingerprint density at radius 1 is 1.39 bits per heavy atom. The molecule has 0 aliphatic rings. The van der Waals surface area contributed by atoms with Crippen LogP contribution in [-0.2, 0) is 6.54 Å². The summed E-state index contributed by atoms with van der Waals surface area (Å²) in [5.41, 5.74) is 3.17. The SMILES string of the molecule is Cc1cc(N(C)Cc2ccoc2)ccc1C(=O)O. The topological polar surface area (TPSA) is 53.7 Å². The van der Waals surface area contributed by atoms with Gasteiger partial charge < -0.3 is 14.4 Å². The highest BCUT2D eigenvalue weighted by atomic mass is 16.4. The number of carbonyl (C=O) groups is 1. The van der Waals surface area contributed by atoms with E-state index in [1.807, 2.05) is 30.1 Å². The number of benzene rings is 1. The van der Waals surface area contributed by atoms with E-state index in [0.29, 0.717) is 5.56 Å². The third-order valence-electron chi connectivity index (χ3n) is 2.88. The van der Waals surface area contributed by atoms with Crippen molar-refractivity contribution in [3.05, 3.63) is 53.5 Å². The summed E-state index contributed by atoms with van der Waals surface area (Å²) in [5, 5.41) is 8.98. The van der Waals surface area contributed by atoms with E-state index in [2.05, 4.69) is 0 Å². The van der Waals surface area contributed by atoms with Crippen LogP contribution in [-0.4, -0.2) is 18.1 Å². The number of aryl methyl sites for hydroxylation is 1. The van der Waals surface area contributed by atoms with Crippen LogP contribution >= 0.6 is 0 Å². The molecule has 4 heteroatoms. The summed E-state index contributed by atoms with van der Waals surface area (Å²) in [7, 11) is 1.96. The van der Waals surface area contributed by atoms with E-state index in [4.69, 9.17) is 9.52 Å². The molecule has 94 valence electrons. The van der Waals surface area contributed by atoms with E-state index in [0.717, 1.165) is 23.4 Å². The maximum atomic E-state index is 10.9. The minimum absolute atomic E-state index is 0.343. The molecule has 0 amide bonds. The number of furan rings is 1. The summed E-state index contributed by atoms with van der Waals surface area (Å²) < 4.78 is 5.02. The van der Waals surface area contributed by atoms with E-state index >= 15 is 0 Å². The molecule has 2 rings (SSSR count). The molecule has 1 aromatic heterocycles.